The Labute approximate surface area is 108 Å². The van der Waals surface area contributed by atoms with Gasteiger partial charge in [0.1, 0.15) is 11.0 Å². The third kappa shape index (κ3) is 1.43. The lowest BCUT2D eigenvalue weighted by Gasteiger charge is -2.01. The molecule has 91 valence electrons. The standard InChI is InChI=1S/C13H9N6/c1-19-12-6-5-8(7-11(12)15-18-19)9-3-2-4-10-13(9)16-17-14-10/h2,4-7H,1H3,(H,14,16,17). The van der Waals surface area contributed by atoms with Crippen LogP contribution in [0.15, 0.2) is 30.3 Å². The van der Waals surface area contributed by atoms with E-state index in [0.717, 1.165) is 33.2 Å². The van der Waals surface area contributed by atoms with E-state index in [0.29, 0.717) is 0 Å². The number of aryl methyl sites for hydroxylation is 1. The molecule has 0 unspecified atom stereocenters. The van der Waals surface area contributed by atoms with Gasteiger partial charge in [-0.15, -0.1) is 10.2 Å². The van der Waals surface area contributed by atoms with Crippen LogP contribution in [0, 0.1) is 6.07 Å². The van der Waals surface area contributed by atoms with E-state index in [2.05, 4.69) is 31.8 Å². The Balaban J connectivity index is 2.01. The second-order valence-electron chi connectivity index (χ2n) is 4.34. The predicted octanol–water partition coefficient (Wildman–Crippen LogP) is 1.71. The summed E-state index contributed by atoms with van der Waals surface area (Å²) in [6.45, 7) is 0. The summed E-state index contributed by atoms with van der Waals surface area (Å²) in [5.41, 5.74) is 5.48. The molecule has 2 heterocycles. The number of aromatic nitrogens is 6. The summed E-state index contributed by atoms with van der Waals surface area (Å²) in [5.74, 6) is 0. The van der Waals surface area contributed by atoms with E-state index in [1.54, 1.807) is 4.68 Å². The van der Waals surface area contributed by atoms with Crippen LogP contribution in [0.4, 0.5) is 0 Å². The second-order valence-corrected chi connectivity index (χ2v) is 4.34. The third-order valence-electron chi connectivity index (χ3n) is 3.19. The van der Waals surface area contributed by atoms with Crippen molar-refractivity contribution >= 4 is 22.1 Å². The third-order valence-corrected chi connectivity index (χ3v) is 3.19. The van der Waals surface area contributed by atoms with Crippen LogP contribution >= 0.6 is 0 Å². The van der Waals surface area contributed by atoms with Gasteiger partial charge in [0.2, 0.25) is 0 Å². The molecule has 1 N–H and O–H groups in total. The molecule has 0 bridgehead atoms. The monoisotopic (exact) mass is 249 g/mol. The highest BCUT2D eigenvalue weighted by Crippen LogP contribution is 2.27. The highest BCUT2D eigenvalue weighted by Gasteiger charge is 2.09. The van der Waals surface area contributed by atoms with Crippen LogP contribution in [-0.2, 0) is 7.05 Å². The van der Waals surface area contributed by atoms with E-state index in [-0.39, 0.29) is 0 Å². The van der Waals surface area contributed by atoms with Gasteiger partial charge in [-0.25, -0.2) is 4.68 Å². The number of fused-ring (bicyclic) bond motifs is 2. The van der Waals surface area contributed by atoms with E-state index < -0.39 is 0 Å². The molecule has 0 aliphatic heterocycles. The molecular weight excluding hydrogens is 240 g/mol. The summed E-state index contributed by atoms with van der Waals surface area (Å²) < 4.78 is 1.75. The van der Waals surface area contributed by atoms with E-state index in [9.17, 15) is 0 Å². The van der Waals surface area contributed by atoms with Crippen LogP contribution in [0.5, 0.6) is 0 Å². The highest BCUT2D eigenvalue weighted by molar-refractivity contribution is 5.93. The maximum atomic E-state index is 4.13. The lowest BCUT2D eigenvalue weighted by molar-refractivity contribution is 0.736. The van der Waals surface area contributed by atoms with Gasteiger partial charge >= 0.3 is 0 Å². The number of rotatable bonds is 1. The van der Waals surface area contributed by atoms with Gasteiger partial charge in [-0.2, -0.15) is 0 Å². The van der Waals surface area contributed by atoms with Gasteiger partial charge in [-0.05, 0) is 29.8 Å². The van der Waals surface area contributed by atoms with Gasteiger partial charge in [0.05, 0.1) is 11.0 Å². The van der Waals surface area contributed by atoms with E-state index >= 15 is 0 Å². The minimum atomic E-state index is 0.811. The van der Waals surface area contributed by atoms with Crippen molar-refractivity contribution in [1.82, 2.24) is 30.4 Å². The first-order valence-corrected chi connectivity index (χ1v) is 5.84. The zero-order valence-corrected chi connectivity index (χ0v) is 10.1. The summed E-state index contributed by atoms with van der Waals surface area (Å²) in [6.07, 6.45) is 0. The largest absolute Gasteiger partial charge is 0.258 e. The number of hydrogen-bond donors (Lipinski definition) is 1. The molecule has 0 saturated heterocycles. The molecule has 6 nitrogen and oxygen atoms in total. The summed E-state index contributed by atoms with van der Waals surface area (Å²) >= 11 is 0. The van der Waals surface area contributed by atoms with Crippen molar-refractivity contribution in [3.05, 3.63) is 36.4 Å². The molecule has 0 aliphatic carbocycles. The fourth-order valence-electron chi connectivity index (χ4n) is 2.23. The van der Waals surface area contributed by atoms with Crippen molar-refractivity contribution in [2.45, 2.75) is 0 Å². The molecule has 19 heavy (non-hydrogen) atoms. The average Bonchev–Trinajstić information content (AvgIpc) is 3.05. The number of H-pyrrole nitrogens is 1. The normalized spacial score (nSPS) is 11.4. The molecule has 0 amide bonds. The first-order chi connectivity index (χ1) is 9.33. The lowest BCUT2D eigenvalue weighted by Crippen LogP contribution is -1.89. The van der Waals surface area contributed by atoms with Crippen LogP contribution in [0.3, 0.4) is 0 Å². The molecule has 0 aliphatic rings. The second kappa shape index (κ2) is 3.61. The van der Waals surface area contributed by atoms with Gasteiger partial charge in [-0.1, -0.05) is 22.6 Å². The Morgan fingerprint density at radius 1 is 1.21 bits per heavy atom. The average molecular weight is 249 g/mol. The number of aromatic amines is 1. The summed E-state index contributed by atoms with van der Waals surface area (Å²) in [6, 6.07) is 13.0. The molecule has 6 heteroatoms. The smallest absolute Gasteiger partial charge is 0.121 e. The maximum absolute atomic E-state index is 4.13. The van der Waals surface area contributed by atoms with Crippen LogP contribution < -0.4 is 0 Å². The van der Waals surface area contributed by atoms with E-state index in [1.807, 2.05) is 37.4 Å². The predicted molar refractivity (Wildman–Crippen MR) is 70.2 cm³/mol. The van der Waals surface area contributed by atoms with Crippen LogP contribution in [0.2, 0.25) is 0 Å². The Morgan fingerprint density at radius 2 is 2.16 bits per heavy atom. The number of benzene rings is 2. The Bertz CT molecular complexity index is 888. The topological polar surface area (TPSA) is 72.3 Å². The number of nitrogens with one attached hydrogen (secondary N) is 1. The maximum Gasteiger partial charge on any atom is 0.121 e. The molecule has 0 atom stereocenters. The van der Waals surface area contributed by atoms with Gasteiger partial charge < -0.3 is 0 Å². The lowest BCUT2D eigenvalue weighted by atomic mass is 10.0. The van der Waals surface area contributed by atoms with Crippen molar-refractivity contribution in [3.8, 4) is 11.1 Å². The first kappa shape index (κ1) is 10.2. The van der Waals surface area contributed by atoms with Crippen LogP contribution in [0.1, 0.15) is 0 Å². The molecule has 0 saturated carbocycles. The van der Waals surface area contributed by atoms with Crippen LogP contribution in [-0.4, -0.2) is 30.4 Å². The van der Waals surface area contributed by atoms with Gasteiger partial charge in [0.15, 0.2) is 0 Å². The minimum absolute atomic E-state index is 0.811. The SMILES string of the molecule is Cn1nnc2cc(-c3[c]ccc4[nH]nnc34)ccc21. The first-order valence-electron chi connectivity index (χ1n) is 5.84. The van der Waals surface area contributed by atoms with Gasteiger partial charge in [0.25, 0.3) is 0 Å². The van der Waals surface area contributed by atoms with Gasteiger partial charge in [-0.3, -0.25) is 5.10 Å². The van der Waals surface area contributed by atoms with Crippen molar-refractivity contribution in [3.63, 3.8) is 0 Å². The molecule has 4 aromatic rings. The molecule has 2 aromatic heterocycles. The summed E-state index contributed by atoms with van der Waals surface area (Å²) in [5, 5.41) is 18.9. The van der Waals surface area contributed by atoms with Gasteiger partial charge in [0, 0.05) is 12.6 Å². The highest BCUT2D eigenvalue weighted by atomic mass is 15.4. The molecular formula is C13H9N6. The molecule has 1 radical (unpaired) electrons. The van der Waals surface area contributed by atoms with Crippen molar-refractivity contribution in [1.29, 1.82) is 0 Å². The Morgan fingerprint density at radius 3 is 3.11 bits per heavy atom. The van der Waals surface area contributed by atoms with Crippen molar-refractivity contribution in [2.24, 2.45) is 7.05 Å². The Kier molecular flexibility index (Phi) is 1.94. The quantitative estimate of drug-likeness (QED) is 0.557. The van der Waals surface area contributed by atoms with Crippen LogP contribution in [0.25, 0.3) is 33.2 Å². The molecule has 2 aromatic carbocycles. The van der Waals surface area contributed by atoms with Crippen molar-refractivity contribution < 1.29 is 0 Å². The van der Waals surface area contributed by atoms with E-state index in [1.165, 1.54) is 0 Å². The zero-order chi connectivity index (χ0) is 12.8. The fourth-order valence-corrected chi connectivity index (χ4v) is 2.23. The van der Waals surface area contributed by atoms with E-state index in [4.69, 9.17) is 0 Å². The summed E-state index contributed by atoms with van der Waals surface area (Å²) in [7, 11) is 1.87. The number of nitrogens with zero attached hydrogens (tertiary/aromatic N) is 5. The molecule has 0 fully saturated rings. The fraction of sp³-hybridized carbons (Fsp3) is 0.0769. The number of hydrogen-bond acceptors (Lipinski definition) is 4. The summed E-state index contributed by atoms with van der Waals surface area (Å²) in [4.78, 5) is 0. The Hall–Kier alpha value is -2.76. The zero-order valence-electron chi connectivity index (χ0n) is 10.1. The molecule has 0 spiro atoms. The molecule has 4 rings (SSSR count). The minimum Gasteiger partial charge on any atom is -0.258 e. The van der Waals surface area contributed by atoms with Crippen molar-refractivity contribution in [2.75, 3.05) is 0 Å².